The van der Waals surface area contributed by atoms with E-state index < -0.39 is 0 Å². The first-order valence-corrected chi connectivity index (χ1v) is 11.3. The Kier molecular flexibility index (Phi) is 5.38. The van der Waals surface area contributed by atoms with Gasteiger partial charge in [0, 0.05) is 56.7 Å². The van der Waals surface area contributed by atoms with Crippen LogP contribution in [0, 0.1) is 0 Å². The number of piperazine rings is 1. The van der Waals surface area contributed by atoms with Crippen LogP contribution in [0.4, 0.5) is 5.69 Å². The van der Waals surface area contributed by atoms with Gasteiger partial charge in [0.15, 0.2) is 5.65 Å². The Balaban J connectivity index is 1.45. The number of aliphatic hydroxyl groups is 1. The Labute approximate surface area is 191 Å². The molecule has 1 aromatic carbocycles. The van der Waals surface area contributed by atoms with E-state index in [1.165, 1.54) is 10.2 Å². The van der Waals surface area contributed by atoms with E-state index in [-0.39, 0.29) is 30.3 Å². The van der Waals surface area contributed by atoms with Gasteiger partial charge in [-0.3, -0.25) is 19.7 Å². The van der Waals surface area contributed by atoms with E-state index in [2.05, 4.69) is 57.7 Å². The Bertz CT molecular complexity index is 1380. The van der Waals surface area contributed by atoms with Gasteiger partial charge in [0.2, 0.25) is 0 Å². The van der Waals surface area contributed by atoms with Crippen molar-refractivity contribution >= 4 is 22.4 Å². The molecule has 1 saturated heterocycles. The van der Waals surface area contributed by atoms with Crippen molar-refractivity contribution in [1.82, 2.24) is 29.0 Å². The van der Waals surface area contributed by atoms with Gasteiger partial charge in [-0.05, 0) is 38.5 Å². The highest BCUT2D eigenvalue weighted by molar-refractivity contribution is 5.74. The first-order chi connectivity index (χ1) is 15.9. The summed E-state index contributed by atoms with van der Waals surface area (Å²) < 4.78 is 3.24. The molecule has 9 nitrogen and oxygen atoms in total. The third-order valence-electron chi connectivity index (χ3n) is 6.85. The number of aromatic nitrogens is 5. The van der Waals surface area contributed by atoms with E-state index in [9.17, 15) is 9.90 Å². The van der Waals surface area contributed by atoms with Crippen molar-refractivity contribution in [2.45, 2.75) is 45.5 Å². The summed E-state index contributed by atoms with van der Waals surface area (Å²) in [4.78, 5) is 30.8. The molecule has 1 aliphatic heterocycles. The lowest BCUT2D eigenvalue weighted by Crippen LogP contribution is -2.57. The highest BCUT2D eigenvalue weighted by atomic mass is 16.3. The van der Waals surface area contributed by atoms with Crippen LogP contribution in [-0.2, 0) is 13.7 Å². The van der Waals surface area contributed by atoms with Crippen LogP contribution in [0.3, 0.4) is 0 Å². The molecule has 5 rings (SSSR count). The summed E-state index contributed by atoms with van der Waals surface area (Å²) in [6.07, 6.45) is 5.16. The van der Waals surface area contributed by atoms with E-state index in [1.54, 1.807) is 36.2 Å². The van der Waals surface area contributed by atoms with Crippen molar-refractivity contribution in [2.24, 2.45) is 7.05 Å². The highest BCUT2D eigenvalue weighted by Crippen LogP contribution is 2.31. The van der Waals surface area contributed by atoms with E-state index >= 15 is 0 Å². The van der Waals surface area contributed by atoms with Crippen LogP contribution in [0.2, 0.25) is 0 Å². The van der Waals surface area contributed by atoms with Crippen LogP contribution in [0.15, 0.2) is 47.7 Å². The third-order valence-corrected chi connectivity index (χ3v) is 6.85. The Morgan fingerprint density at radius 1 is 1.09 bits per heavy atom. The molecule has 0 saturated carbocycles. The SMILES string of the molecule is CC(c1ccc2nccnc2c1)N1C[C@H](C)N(c2cc(=O)n(C)n3cc(CO)nc23)C[C@H]1C. The van der Waals surface area contributed by atoms with Crippen molar-refractivity contribution in [3.8, 4) is 0 Å². The predicted molar refractivity (Wildman–Crippen MR) is 127 cm³/mol. The summed E-state index contributed by atoms with van der Waals surface area (Å²) in [6, 6.07) is 8.60. The van der Waals surface area contributed by atoms with Crippen LogP contribution in [0.5, 0.6) is 0 Å². The lowest BCUT2D eigenvalue weighted by Gasteiger charge is -2.47. The summed E-state index contributed by atoms with van der Waals surface area (Å²) in [5, 5.41) is 9.57. The molecule has 1 fully saturated rings. The maximum absolute atomic E-state index is 12.7. The number of fused-ring (bicyclic) bond motifs is 2. The van der Waals surface area contributed by atoms with Crippen molar-refractivity contribution in [3.63, 3.8) is 0 Å². The zero-order chi connectivity index (χ0) is 23.3. The molecule has 0 spiro atoms. The van der Waals surface area contributed by atoms with Gasteiger partial charge >= 0.3 is 0 Å². The Morgan fingerprint density at radius 2 is 1.85 bits per heavy atom. The second-order valence-electron chi connectivity index (χ2n) is 8.98. The molecular formula is C24H29N7O2. The van der Waals surface area contributed by atoms with Gasteiger partial charge in [0.25, 0.3) is 5.56 Å². The number of hydrogen-bond acceptors (Lipinski definition) is 7. The smallest absolute Gasteiger partial charge is 0.267 e. The van der Waals surface area contributed by atoms with Crippen molar-refractivity contribution in [2.75, 3.05) is 18.0 Å². The summed E-state index contributed by atoms with van der Waals surface area (Å²) in [6.45, 7) is 8.08. The van der Waals surface area contributed by atoms with Crippen molar-refractivity contribution in [3.05, 3.63) is 64.5 Å². The summed E-state index contributed by atoms with van der Waals surface area (Å²) in [5.41, 5.74) is 4.96. The van der Waals surface area contributed by atoms with Crippen LogP contribution < -0.4 is 10.5 Å². The second kappa shape index (κ2) is 8.24. The van der Waals surface area contributed by atoms with Gasteiger partial charge in [-0.25, -0.2) is 14.2 Å². The van der Waals surface area contributed by atoms with Crippen molar-refractivity contribution in [1.29, 1.82) is 0 Å². The van der Waals surface area contributed by atoms with Crippen LogP contribution >= 0.6 is 0 Å². The summed E-state index contributed by atoms with van der Waals surface area (Å²) in [5.74, 6) is 0. The molecule has 0 amide bonds. The summed E-state index contributed by atoms with van der Waals surface area (Å²) >= 11 is 0. The average Bonchev–Trinajstić information content (AvgIpc) is 3.27. The number of hydrogen-bond donors (Lipinski definition) is 1. The molecule has 9 heteroatoms. The van der Waals surface area contributed by atoms with Gasteiger partial charge in [0.05, 0.1) is 35.2 Å². The topological polar surface area (TPSA) is 91.8 Å². The maximum atomic E-state index is 12.7. The van der Waals surface area contributed by atoms with Crippen LogP contribution in [0.1, 0.15) is 38.1 Å². The lowest BCUT2D eigenvalue weighted by molar-refractivity contribution is 0.119. The number of anilines is 1. The second-order valence-corrected chi connectivity index (χ2v) is 8.98. The molecule has 172 valence electrons. The van der Waals surface area contributed by atoms with E-state index in [0.29, 0.717) is 11.3 Å². The molecule has 4 aromatic rings. The number of rotatable bonds is 4. The van der Waals surface area contributed by atoms with Crippen LogP contribution in [0.25, 0.3) is 16.7 Å². The van der Waals surface area contributed by atoms with E-state index in [1.807, 2.05) is 6.07 Å². The molecule has 0 aliphatic carbocycles. The van der Waals surface area contributed by atoms with Gasteiger partial charge in [-0.2, -0.15) is 0 Å². The minimum atomic E-state index is -0.164. The van der Waals surface area contributed by atoms with Gasteiger partial charge in [-0.1, -0.05) is 6.07 Å². The molecule has 1 N–H and O–H groups in total. The number of nitrogens with zero attached hydrogens (tertiary/aromatic N) is 7. The standard InChI is InChI=1S/C24H29N7O2/c1-15-12-30(22-10-23(33)28(4)31-13-19(14-32)27-24(22)31)16(2)11-29(15)17(3)18-5-6-20-21(9-18)26-8-7-25-20/h5-10,13,15-17,32H,11-12,14H2,1-4H3/t15-,16+,17?/m1/s1. The number of imidazole rings is 1. The molecule has 1 aliphatic rings. The molecule has 3 aromatic heterocycles. The minimum Gasteiger partial charge on any atom is -0.390 e. The average molecular weight is 448 g/mol. The van der Waals surface area contributed by atoms with Gasteiger partial charge < -0.3 is 10.0 Å². The number of benzene rings is 1. The van der Waals surface area contributed by atoms with Gasteiger partial charge in [-0.15, -0.1) is 0 Å². The first kappa shape index (κ1) is 21.5. The quantitative estimate of drug-likeness (QED) is 0.512. The molecule has 1 unspecified atom stereocenters. The largest absolute Gasteiger partial charge is 0.390 e. The molecule has 0 bridgehead atoms. The number of aryl methyl sites for hydroxylation is 1. The number of aliphatic hydroxyl groups excluding tert-OH is 1. The zero-order valence-corrected chi connectivity index (χ0v) is 19.4. The van der Waals surface area contributed by atoms with E-state index in [4.69, 9.17) is 0 Å². The minimum absolute atomic E-state index is 0.104. The third kappa shape index (κ3) is 3.67. The Morgan fingerprint density at radius 3 is 2.61 bits per heavy atom. The molecule has 33 heavy (non-hydrogen) atoms. The first-order valence-electron chi connectivity index (χ1n) is 11.3. The highest BCUT2D eigenvalue weighted by Gasteiger charge is 2.34. The zero-order valence-electron chi connectivity index (χ0n) is 19.4. The van der Waals surface area contributed by atoms with Crippen molar-refractivity contribution < 1.29 is 5.11 Å². The van der Waals surface area contributed by atoms with E-state index in [0.717, 1.165) is 29.8 Å². The van der Waals surface area contributed by atoms with Gasteiger partial charge in [0.1, 0.15) is 0 Å². The fraction of sp³-hybridized carbons (Fsp3) is 0.417. The predicted octanol–water partition coefficient (Wildman–Crippen LogP) is 2.13. The maximum Gasteiger partial charge on any atom is 0.267 e. The fourth-order valence-corrected chi connectivity index (χ4v) is 4.95. The molecule has 3 atom stereocenters. The molecule has 0 radical (unpaired) electrons. The molecule has 4 heterocycles. The lowest BCUT2D eigenvalue weighted by atomic mass is 10.00. The molecular weight excluding hydrogens is 418 g/mol. The fourth-order valence-electron chi connectivity index (χ4n) is 4.95. The monoisotopic (exact) mass is 447 g/mol. The van der Waals surface area contributed by atoms with Crippen LogP contribution in [-0.4, -0.2) is 59.3 Å². The Hall–Kier alpha value is -3.30. The summed E-state index contributed by atoms with van der Waals surface area (Å²) in [7, 11) is 1.71. The normalized spacial score (nSPS) is 20.6.